The third-order valence-corrected chi connectivity index (χ3v) is 6.65. The standard InChI is InChI=1S/C28H23N3OS/c32-19-22-13-5-9-17-26(22)33-25-16-8-4-12-21(25)18-29-28-23-14-6-7-15-24(23)30-27(31-28)20-10-2-1-3-11-20/h1-17,32H,18-19H2,(H,29,30,31). The molecule has 162 valence electrons. The summed E-state index contributed by atoms with van der Waals surface area (Å²) in [6.45, 7) is 0.651. The average molecular weight is 450 g/mol. The number of aromatic nitrogens is 2. The van der Waals surface area contributed by atoms with Gasteiger partial charge in [0.05, 0.1) is 12.1 Å². The number of nitrogens with zero attached hydrogens (tertiary/aromatic N) is 2. The van der Waals surface area contributed by atoms with E-state index in [1.807, 2.05) is 91.0 Å². The van der Waals surface area contributed by atoms with Crippen LogP contribution < -0.4 is 5.32 Å². The van der Waals surface area contributed by atoms with E-state index in [1.54, 1.807) is 11.8 Å². The zero-order chi connectivity index (χ0) is 22.5. The number of fused-ring (bicyclic) bond motifs is 1. The average Bonchev–Trinajstić information content (AvgIpc) is 2.88. The number of hydrogen-bond acceptors (Lipinski definition) is 5. The van der Waals surface area contributed by atoms with Crippen LogP contribution in [-0.2, 0) is 13.2 Å². The summed E-state index contributed by atoms with van der Waals surface area (Å²) in [6, 6.07) is 34.4. The molecule has 0 saturated carbocycles. The molecule has 1 heterocycles. The highest BCUT2D eigenvalue weighted by molar-refractivity contribution is 7.99. The molecule has 0 aliphatic rings. The van der Waals surface area contributed by atoms with Gasteiger partial charge in [0.2, 0.25) is 0 Å². The normalized spacial score (nSPS) is 10.9. The molecule has 4 aromatic carbocycles. The van der Waals surface area contributed by atoms with Gasteiger partial charge < -0.3 is 10.4 Å². The molecule has 0 atom stereocenters. The first kappa shape index (κ1) is 21.2. The van der Waals surface area contributed by atoms with Crippen LogP contribution in [-0.4, -0.2) is 15.1 Å². The molecule has 1 aromatic heterocycles. The molecule has 2 N–H and O–H groups in total. The van der Waals surface area contributed by atoms with Crippen molar-refractivity contribution in [2.24, 2.45) is 0 Å². The maximum Gasteiger partial charge on any atom is 0.162 e. The van der Waals surface area contributed by atoms with Gasteiger partial charge in [0.1, 0.15) is 5.82 Å². The molecule has 0 fully saturated rings. The summed E-state index contributed by atoms with van der Waals surface area (Å²) >= 11 is 1.67. The molecule has 0 spiro atoms. The Balaban J connectivity index is 1.46. The first-order valence-electron chi connectivity index (χ1n) is 10.8. The van der Waals surface area contributed by atoms with E-state index in [4.69, 9.17) is 9.97 Å². The van der Waals surface area contributed by atoms with Gasteiger partial charge in [-0.15, -0.1) is 0 Å². The van der Waals surface area contributed by atoms with Crippen LogP contribution in [0.1, 0.15) is 11.1 Å². The second-order valence-electron chi connectivity index (χ2n) is 7.61. The van der Waals surface area contributed by atoms with Crippen LogP contribution in [0.2, 0.25) is 0 Å². The van der Waals surface area contributed by atoms with Gasteiger partial charge in [-0.1, -0.05) is 90.6 Å². The van der Waals surface area contributed by atoms with Gasteiger partial charge in [-0.05, 0) is 35.4 Å². The Bertz CT molecular complexity index is 1390. The summed E-state index contributed by atoms with van der Waals surface area (Å²) < 4.78 is 0. The van der Waals surface area contributed by atoms with Crippen molar-refractivity contribution in [1.29, 1.82) is 0 Å². The van der Waals surface area contributed by atoms with Crippen LogP contribution in [0.4, 0.5) is 5.82 Å². The number of rotatable bonds is 7. The predicted molar refractivity (Wildman–Crippen MR) is 135 cm³/mol. The quantitative estimate of drug-likeness (QED) is 0.295. The Morgan fingerprint density at radius 1 is 0.667 bits per heavy atom. The summed E-state index contributed by atoms with van der Waals surface area (Å²) in [6.07, 6.45) is 0. The molecule has 0 unspecified atom stereocenters. The van der Waals surface area contributed by atoms with Gasteiger partial charge in [-0.2, -0.15) is 0 Å². The zero-order valence-corrected chi connectivity index (χ0v) is 18.8. The maximum atomic E-state index is 9.70. The number of aliphatic hydroxyl groups excluding tert-OH is 1. The number of anilines is 1. The van der Waals surface area contributed by atoms with Crippen LogP contribution in [0.3, 0.4) is 0 Å². The lowest BCUT2D eigenvalue weighted by atomic mass is 10.1. The Kier molecular flexibility index (Phi) is 6.33. The van der Waals surface area contributed by atoms with Crippen molar-refractivity contribution in [3.63, 3.8) is 0 Å². The Morgan fingerprint density at radius 3 is 2.09 bits per heavy atom. The molecule has 0 radical (unpaired) electrons. The lowest BCUT2D eigenvalue weighted by molar-refractivity contribution is 0.279. The van der Waals surface area contributed by atoms with Gasteiger partial charge in [-0.3, -0.25) is 0 Å². The van der Waals surface area contributed by atoms with Crippen molar-refractivity contribution in [3.8, 4) is 11.4 Å². The molecular weight excluding hydrogens is 426 g/mol. The van der Waals surface area contributed by atoms with Gasteiger partial charge >= 0.3 is 0 Å². The highest BCUT2D eigenvalue weighted by atomic mass is 32.2. The molecule has 5 heteroatoms. The first-order chi connectivity index (χ1) is 16.3. The second kappa shape index (κ2) is 9.86. The fourth-order valence-corrected chi connectivity index (χ4v) is 4.77. The van der Waals surface area contributed by atoms with E-state index in [1.165, 1.54) is 5.56 Å². The van der Waals surface area contributed by atoms with Crippen molar-refractivity contribution in [1.82, 2.24) is 9.97 Å². The van der Waals surface area contributed by atoms with Gasteiger partial charge in [0.15, 0.2) is 5.82 Å². The SMILES string of the molecule is OCc1ccccc1Sc1ccccc1CNc1nc(-c2ccccc2)nc2ccccc12. The van der Waals surface area contributed by atoms with Crippen LogP contribution in [0.5, 0.6) is 0 Å². The topological polar surface area (TPSA) is 58.0 Å². The number of benzene rings is 4. The third kappa shape index (κ3) is 4.75. The first-order valence-corrected chi connectivity index (χ1v) is 11.6. The molecule has 5 aromatic rings. The van der Waals surface area contributed by atoms with Crippen molar-refractivity contribution in [2.45, 2.75) is 22.9 Å². The molecule has 0 saturated heterocycles. The molecule has 0 amide bonds. The molecule has 0 aliphatic heterocycles. The van der Waals surface area contributed by atoms with Crippen LogP contribution in [0.15, 0.2) is 113 Å². The van der Waals surface area contributed by atoms with Crippen LogP contribution in [0, 0.1) is 0 Å². The molecule has 0 bridgehead atoms. The van der Waals surface area contributed by atoms with E-state index in [9.17, 15) is 5.11 Å². The molecular formula is C28H23N3OS. The minimum Gasteiger partial charge on any atom is -0.392 e. The third-order valence-electron chi connectivity index (χ3n) is 5.42. The Hall–Kier alpha value is -3.67. The highest BCUT2D eigenvalue weighted by Gasteiger charge is 2.11. The van der Waals surface area contributed by atoms with E-state index in [0.29, 0.717) is 12.4 Å². The molecule has 4 nitrogen and oxygen atoms in total. The molecule has 5 rings (SSSR count). The largest absolute Gasteiger partial charge is 0.392 e. The summed E-state index contributed by atoms with van der Waals surface area (Å²) in [7, 11) is 0. The van der Waals surface area contributed by atoms with Gasteiger partial charge in [-0.25, -0.2) is 9.97 Å². The highest BCUT2D eigenvalue weighted by Crippen LogP contribution is 2.33. The summed E-state index contributed by atoms with van der Waals surface area (Å²) in [5.41, 5.74) is 4.00. The monoisotopic (exact) mass is 449 g/mol. The number of aliphatic hydroxyl groups is 1. The summed E-state index contributed by atoms with van der Waals surface area (Å²) in [5.74, 6) is 1.52. The smallest absolute Gasteiger partial charge is 0.162 e. The van der Waals surface area contributed by atoms with E-state index >= 15 is 0 Å². The Morgan fingerprint density at radius 2 is 1.30 bits per heavy atom. The van der Waals surface area contributed by atoms with E-state index in [2.05, 4.69) is 17.4 Å². The van der Waals surface area contributed by atoms with Crippen molar-refractivity contribution in [3.05, 3.63) is 114 Å². The fourth-order valence-electron chi connectivity index (χ4n) is 3.71. The van der Waals surface area contributed by atoms with Crippen molar-refractivity contribution < 1.29 is 5.11 Å². The van der Waals surface area contributed by atoms with E-state index in [0.717, 1.165) is 37.6 Å². The number of nitrogens with one attached hydrogen (secondary N) is 1. The van der Waals surface area contributed by atoms with Crippen LogP contribution in [0.25, 0.3) is 22.3 Å². The second-order valence-corrected chi connectivity index (χ2v) is 8.69. The number of hydrogen-bond donors (Lipinski definition) is 2. The fraction of sp³-hybridized carbons (Fsp3) is 0.0714. The summed E-state index contributed by atoms with van der Waals surface area (Å²) in [5, 5.41) is 14.2. The van der Waals surface area contributed by atoms with E-state index < -0.39 is 0 Å². The predicted octanol–water partition coefficient (Wildman–Crippen LogP) is 6.55. The van der Waals surface area contributed by atoms with Crippen molar-refractivity contribution >= 4 is 28.5 Å². The summed E-state index contributed by atoms with van der Waals surface area (Å²) in [4.78, 5) is 11.8. The minimum absolute atomic E-state index is 0.0266. The lowest BCUT2D eigenvalue weighted by Gasteiger charge is -2.14. The lowest BCUT2D eigenvalue weighted by Crippen LogP contribution is -2.05. The van der Waals surface area contributed by atoms with Gasteiger partial charge in [0, 0.05) is 27.3 Å². The molecule has 0 aliphatic carbocycles. The van der Waals surface area contributed by atoms with Crippen LogP contribution >= 0.6 is 11.8 Å². The Labute approximate surface area is 197 Å². The van der Waals surface area contributed by atoms with Crippen molar-refractivity contribution in [2.75, 3.05) is 5.32 Å². The minimum atomic E-state index is 0.0266. The maximum absolute atomic E-state index is 9.70. The number of para-hydroxylation sites is 1. The zero-order valence-electron chi connectivity index (χ0n) is 18.0. The van der Waals surface area contributed by atoms with E-state index in [-0.39, 0.29) is 6.61 Å². The molecule has 33 heavy (non-hydrogen) atoms. The van der Waals surface area contributed by atoms with Gasteiger partial charge in [0.25, 0.3) is 0 Å².